The van der Waals surface area contributed by atoms with E-state index in [0.29, 0.717) is 32.5 Å². The number of aromatic hydroxyl groups is 2. The molecule has 8 N–H and O–H groups in total. The number of nitrogens with one attached hydrogen (secondary N) is 2. The molecule has 0 heterocycles. The van der Waals surface area contributed by atoms with E-state index < -0.39 is 0 Å². The number of rotatable bonds is 8. The Kier molecular flexibility index (Phi) is 42.9. The zero-order chi connectivity index (χ0) is 52.9. The minimum atomic E-state index is -0.337. The number of phenols is 2. The van der Waals surface area contributed by atoms with Gasteiger partial charge in [0, 0.05) is 77.0 Å². The summed E-state index contributed by atoms with van der Waals surface area (Å²) < 4.78 is 10.1. The van der Waals surface area contributed by atoms with Crippen molar-refractivity contribution >= 4 is 161 Å². The summed E-state index contributed by atoms with van der Waals surface area (Å²) in [6.07, 6.45) is 0. The van der Waals surface area contributed by atoms with E-state index in [0.717, 1.165) is 55.6 Å². The van der Waals surface area contributed by atoms with Crippen molar-refractivity contribution in [2.24, 2.45) is 11.5 Å². The van der Waals surface area contributed by atoms with E-state index >= 15 is 0 Å². The maximum atomic E-state index is 11.1. The molecule has 0 fully saturated rings. The van der Waals surface area contributed by atoms with Crippen molar-refractivity contribution in [3.63, 3.8) is 0 Å². The molecule has 0 aliphatic rings. The molecule has 0 spiro atoms. The van der Waals surface area contributed by atoms with Gasteiger partial charge in [-0.2, -0.15) is 0 Å². The van der Waals surface area contributed by atoms with Crippen LogP contribution < -0.4 is 31.6 Å². The molecule has 4 aromatic rings. The van der Waals surface area contributed by atoms with Crippen LogP contribution in [-0.4, -0.2) is 34.0 Å². The number of halogens is 7. The first-order valence-electron chi connectivity index (χ1n) is 20.1. The number of hydrogen-bond donors (Lipinski definition) is 6. The summed E-state index contributed by atoms with van der Waals surface area (Å²) in [5, 5.41) is 24.2. The van der Waals surface area contributed by atoms with Gasteiger partial charge in [0.15, 0.2) is 0 Å². The van der Waals surface area contributed by atoms with Gasteiger partial charge in [-0.05, 0) is 149 Å². The summed E-state index contributed by atoms with van der Waals surface area (Å²) in [5.74, 6) is 0.986. The number of ether oxygens (including phenoxy) is 2. The number of hydrogen-bond acceptors (Lipinski definition) is 10. The Balaban J connectivity index is -0.000000778. The van der Waals surface area contributed by atoms with Gasteiger partial charge in [0.2, 0.25) is 11.8 Å². The van der Waals surface area contributed by atoms with Gasteiger partial charge in [-0.3, -0.25) is 19.2 Å². The second-order valence-corrected chi connectivity index (χ2v) is 62.1. The van der Waals surface area contributed by atoms with Gasteiger partial charge in [-0.25, -0.2) is 0 Å². The van der Waals surface area contributed by atoms with Crippen LogP contribution in [0.5, 0.6) is 23.0 Å². The molecule has 4 atom stereocenters. The standard InChI is InChI=1S/C14H19NO3.C13H17NO3.C10H15NO.C9H13NO.I2.5HI.2V/c1-8-7-14(18-12(5)17)9(2)6-13(8)10(3)15-11(4)16;1-8-7-12(9(2)14-10(3)15)5-6-13(8)17-11(4)16;1-6-5-10(12)7(2)4-9(6)8(3)11;1-6-5-8(7(2)10)3-4-9(6)11;1-2;;;;;;;/h6-7,10H,1-5H3,(H,15,16);5-7,9H,1-4H3,(H,14,15);4-5,8,12H,11H2,1-3H3;3-5,7,11H,10H2,1-2H3;;5*1H;;/q;;;;;;;;;;+2;+3/p-5/t10-;9-;8-;7-;;;;;;;;/m1111......../s1. The van der Waals surface area contributed by atoms with E-state index in [9.17, 15) is 29.4 Å². The SMILES string of the molecule is CC(=O)N[C@H](C)c1cc(C)c(OC(C)=O)cc1C.CC(=O)N[C@H](C)c1ccc(OC(C)=O)c(C)c1.Cc1cc([C@@H](C)N)c(C)cc1O.Cc1cc([C@@H](C)N)ccc1O.II.[I][V]([I])[I].[I][V][I]. The number of aryl methyl sites for hydroxylation is 6. The Labute approximate surface area is 488 Å². The molecule has 0 radical (unpaired) electrons. The molecule has 12 nitrogen and oxygen atoms in total. The first-order valence-corrected chi connectivity index (χ1v) is 48.9. The number of amides is 2. The summed E-state index contributed by atoms with van der Waals surface area (Å²) in [4.78, 5) is 43.5. The summed E-state index contributed by atoms with van der Waals surface area (Å²) in [6.45, 7) is 24.8. The molecule has 4 rings (SSSR count). The molecular formula is C46H64I7N4O8V2. The molecule has 375 valence electrons. The summed E-state index contributed by atoms with van der Waals surface area (Å²) >= 11 is 16.4. The van der Waals surface area contributed by atoms with Crippen molar-refractivity contribution in [1.82, 2.24) is 10.6 Å². The molecule has 0 saturated carbocycles. The van der Waals surface area contributed by atoms with Crippen LogP contribution >= 0.6 is 137 Å². The van der Waals surface area contributed by atoms with E-state index in [1.165, 1.54) is 27.7 Å². The van der Waals surface area contributed by atoms with Crippen molar-refractivity contribution < 1.29 is 53.3 Å². The molecule has 0 aromatic heterocycles. The zero-order valence-corrected chi connectivity index (χ0v) is 58.0. The minimum absolute atomic E-state index is 0.0318. The van der Waals surface area contributed by atoms with Gasteiger partial charge in [-0.1, -0.05) is 36.4 Å². The van der Waals surface area contributed by atoms with E-state index in [1.54, 1.807) is 18.2 Å². The number of phenolic OH excluding ortho intramolecular Hbond substituents is 2. The monoisotopic (exact) mass is 1790 g/mol. The molecule has 67 heavy (non-hydrogen) atoms. The van der Waals surface area contributed by atoms with Crippen LogP contribution in [0.4, 0.5) is 0 Å². The number of carbonyl (C=O) groups excluding carboxylic acids is 4. The summed E-state index contributed by atoms with van der Waals surface area (Å²) in [5.41, 5.74) is 21.1. The van der Waals surface area contributed by atoms with Crippen molar-refractivity contribution in [2.75, 3.05) is 0 Å². The zero-order valence-electron chi connectivity index (χ0n) is 40.1. The molecule has 0 aliphatic carbocycles. The average Bonchev–Trinajstić information content (AvgIpc) is 3.20. The second kappa shape index (κ2) is 40.0. The number of benzene rings is 4. The molecule has 4 aromatic carbocycles. The van der Waals surface area contributed by atoms with Crippen molar-refractivity contribution in [1.29, 1.82) is 0 Å². The van der Waals surface area contributed by atoms with Crippen LogP contribution in [0.15, 0.2) is 60.7 Å². The number of carbonyl (C=O) groups is 4. The van der Waals surface area contributed by atoms with Gasteiger partial charge in [0.25, 0.3) is 0 Å². The van der Waals surface area contributed by atoms with Crippen LogP contribution in [-0.2, 0) is 33.6 Å². The molecule has 0 saturated heterocycles. The summed E-state index contributed by atoms with van der Waals surface area (Å²) in [7, 11) is 0.628. The fraction of sp³-hybridized carbons (Fsp3) is 0.391. The number of nitrogens with two attached hydrogens (primary N) is 2. The van der Waals surface area contributed by atoms with Crippen LogP contribution in [0.25, 0.3) is 0 Å². The van der Waals surface area contributed by atoms with Gasteiger partial charge >= 0.3 is 126 Å². The Morgan fingerprint density at radius 1 is 0.552 bits per heavy atom. The Hall–Kier alpha value is 0.559. The molecule has 0 unspecified atom stereocenters. The van der Waals surface area contributed by atoms with Crippen LogP contribution in [0, 0.1) is 41.5 Å². The van der Waals surface area contributed by atoms with E-state index in [4.69, 9.17) is 20.9 Å². The molecule has 2 amide bonds. The van der Waals surface area contributed by atoms with Crippen molar-refractivity contribution in [3.8, 4) is 23.0 Å². The van der Waals surface area contributed by atoms with Crippen molar-refractivity contribution in [3.05, 3.63) is 116 Å². The summed E-state index contributed by atoms with van der Waals surface area (Å²) in [6, 6.07) is 18.3. The Morgan fingerprint density at radius 3 is 1.36 bits per heavy atom. The third kappa shape index (κ3) is 33.8. The van der Waals surface area contributed by atoms with Crippen LogP contribution in [0.3, 0.4) is 0 Å². The molecule has 0 bridgehead atoms. The predicted octanol–water partition coefficient (Wildman–Crippen LogP) is 14.5. The van der Waals surface area contributed by atoms with Crippen LogP contribution in [0.2, 0.25) is 0 Å². The normalized spacial score (nSPS) is 11.5. The third-order valence-electron chi connectivity index (χ3n) is 8.90. The predicted molar refractivity (Wildman–Crippen MR) is 328 cm³/mol. The van der Waals surface area contributed by atoms with Crippen molar-refractivity contribution in [2.45, 2.75) is 121 Å². The average molecular weight is 1790 g/mol. The van der Waals surface area contributed by atoms with E-state index in [-0.39, 0.29) is 52.8 Å². The second-order valence-electron chi connectivity index (χ2n) is 14.9. The molecular weight excluding hydrogens is 1730 g/mol. The number of esters is 2. The quantitative estimate of drug-likeness (QED) is 0.0560. The first-order chi connectivity index (χ1) is 31.0. The third-order valence-corrected chi connectivity index (χ3v) is 8.90. The van der Waals surface area contributed by atoms with Gasteiger partial charge in [0.05, 0.1) is 12.1 Å². The fourth-order valence-corrected chi connectivity index (χ4v) is 5.80. The van der Waals surface area contributed by atoms with Crippen LogP contribution in [0.1, 0.15) is 135 Å². The molecule has 21 heteroatoms. The Morgan fingerprint density at radius 2 is 0.940 bits per heavy atom. The topological polar surface area (TPSA) is 203 Å². The van der Waals surface area contributed by atoms with Gasteiger partial charge < -0.3 is 41.8 Å². The fourth-order valence-electron chi connectivity index (χ4n) is 5.80. The molecule has 0 aliphatic heterocycles. The van der Waals surface area contributed by atoms with E-state index in [1.807, 2.05) is 112 Å². The first kappa shape index (κ1) is 71.8. The Bertz CT molecular complexity index is 2150. The van der Waals surface area contributed by atoms with Gasteiger partial charge in [0.1, 0.15) is 23.0 Å². The van der Waals surface area contributed by atoms with Gasteiger partial charge in [-0.15, -0.1) is 0 Å². The maximum absolute atomic E-state index is 11.1. The van der Waals surface area contributed by atoms with E-state index in [2.05, 4.69) is 148 Å².